The highest BCUT2D eigenvalue weighted by atomic mass is 15.1. The number of hydrogen-bond acceptors (Lipinski definition) is 2. The van der Waals surface area contributed by atoms with Crippen LogP contribution in [0.5, 0.6) is 0 Å². The van der Waals surface area contributed by atoms with Gasteiger partial charge in [0.1, 0.15) is 5.82 Å². The van der Waals surface area contributed by atoms with Crippen LogP contribution in [0.4, 0.5) is 0 Å². The smallest absolute Gasteiger partial charge is 0.123 e. The van der Waals surface area contributed by atoms with Crippen molar-refractivity contribution in [2.75, 3.05) is 6.54 Å². The Kier molecular flexibility index (Phi) is 5.43. The third-order valence-corrected chi connectivity index (χ3v) is 4.19. The minimum atomic E-state index is 0.825. The molecule has 0 unspecified atom stereocenters. The third-order valence-electron chi connectivity index (χ3n) is 4.19. The molecule has 0 saturated carbocycles. The van der Waals surface area contributed by atoms with Crippen LogP contribution in [0.15, 0.2) is 54.6 Å². The molecule has 0 radical (unpaired) electrons. The van der Waals surface area contributed by atoms with Crippen molar-refractivity contribution in [1.29, 1.82) is 0 Å². The zero-order valence-electron chi connectivity index (χ0n) is 13.8. The zero-order chi connectivity index (χ0) is 15.9. The van der Waals surface area contributed by atoms with E-state index in [0.717, 1.165) is 37.4 Å². The number of nitrogens with one attached hydrogen (secondary N) is 1. The summed E-state index contributed by atoms with van der Waals surface area (Å²) in [6.45, 7) is 5.08. The summed E-state index contributed by atoms with van der Waals surface area (Å²) in [5.41, 5.74) is 3.73. The van der Waals surface area contributed by atoms with Crippen LogP contribution in [0.2, 0.25) is 0 Å². The summed E-state index contributed by atoms with van der Waals surface area (Å²) in [6, 6.07) is 19.0. The Morgan fingerprint density at radius 3 is 2.61 bits per heavy atom. The first-order valence-corrected chi connectivity index (χ1v) is 8.57. The molecule has 0 aliphatic carbocycles. The lowest BCUT2D eigenvalue weighted by Crippen LogP contribution is -2.19. The maximum Gasteiger partial charge on any atom is 0.123 e. The van der Waals surface area contributed by atoms with Gasteiger partial charge in [0.25, 0.3) is 0 Å². The number of nitrogens with zero attached hydrogens (tertiary/aromatic N) is 2. The van der Waals surface area contributed by atoms with Crippen molar-refractivity contribution >= 4 is 11.0 Å². The fourth-order valence-electron chi connectivity index (χ4n) is 2.90. The van der Waals surface area contributed by atoms with E-state index < -0.39 is 0 Å². The Morgan fingerprint density at radius 2 is 1.78 bits per heavy atom. The highest BCUT2D eigenvalue weighted by Crippen LogP contribution is 2.17. The van der Waals surface area contributed by atoms with Crippen molar-refractivity contribution in [1.82, 2.24) is 14.9 Å². The highest BCUT2D eigenvalue weighted by molar-refractivity contribution is 5.75. The van der Waals surface area contributed by atoms with E-state index in [4.69, 9.17) is 4.98 Å². The number of aryl methyl sites for hydroxylation is 1. The second kappa shape index (κ2) is 7.93. The summed E-state index contributed by atoms with van der Waals surface area (Å²) in [6.07, 6.45) is 3.45. The van der Waals surface area contributed by atoms with E-state index in [-0.39, 0.29) is 0 Å². The van der Waals surface area contributed by atoms with Crippen LogP contribution >= 0.6 is 0 Å². The van der Waals surface area contributed by atoms with Gasteiger partial charge in [-0.2, -0.15) is 0 Å². The Bertz CT molecular complexity index is 731. The predicted molar refractivity (Wildman–Crippen MR) is 96.5 cm³/mol. The fourth-order valence-corrected chi connectivity index (χ4v) is 2.90. The molecule has 0 aliphatic heterocycles. The van der Waals surface area contributed by atoms with Crippen LogP contribution in [0.3, 0.4) is 0 Å². The molecule has 1 N–H and O–H groups in total. The maximum absolute atomic E-state index is 4.81. The van der Waals surface area contributed by atoms with E-state index in [2.05, 4.69) is 71.4 Å². The Labute approximate surface area is 138 Å². The normalized spacial score (nSPS) is 11.2. The van der Waals surface area contributed by atoms with Gasteiger partial charge in [-0.05, 0) is 37.1 Å². The molecule has 0 saturated heterocycles. The molecule has 23 heavy (non-hydrogen) atoms. The molecule has 0 amide bonds. The molecule has 3 aromatic rings. The average Bonchev–Trinajstić information content (AvgIpc) is 2.95. The molecule has 120 valence electrons. The monoisotopic (exact) mass is 307 g/mol. The third kappa shape index (κ3) is 3.99. The number of benzene rings is 2. The molecule has 1 aromatic heterocycles. The number of fused-ring (bicyclic) bond motifs is 1. The molecular formula is C20H25N3. The maximum atomic E-state index is 4.81. The standard InChI is InChI=1S/C20H25N3/c1-2-3-15-23-19-12-8-7-11-18(19)22-20(23)16-21-14-13-17-9-5-4-6-10-17/h4-12,21H,2-3,13-16H2,1H3. The fraction of sp³-hybridized carbons (Fsp3) is 0.350. The van der Waals surface area contributed by atoms with Crippen LogP contribution in [-0.4, -0.2) is 16.1 Å². The molecule has 3 nitrogen and oxygen atoms in total. The van der Waals surface area contributed by atoms with Crippen molar-refractivity contribution in [3.05, 3.63) is 66.0 Å². The first-order chi connectivity index (χ1) is 11.4. The average molecular weight is 307 g/mol. The van der Waals surface area contributed by atoms with Crippen LogP contribution < -0.4 is 5.32 Å². The van der Waals surface area contributed by atoms with Crippen LogP contribution in [0.25, 0.3) is 11.0 Å². The number of para-hydroxylation sites is 2. The number of unbranched alkanes of at least 4 members (excludes halogenated alkanes) is 1. The second-order valence-electron chi connectivity index (χ2n) is 5.93. The van der Waals surface area contributed by atoms with Gasteiger partial charge in [0, 0.05) is 6.54 Å². The number of aromatic nitrogens is 2. The molecule has 0 bridgehead atoms. The Balaban J connectivity index is 1.64. The van der Waals surface area contributed by atoms with E-state index in [9.17, 15) is 0 Å². The SMILES string of the molecule is CCCCn1c(CNCCc2ccccc2)nc2ccccc21. The zero-order valence-corrected chi connectivity index (χ0v) is 13.8. The van der Waals surface area contributed by atoms with Gasteiger partial charge in [-0.25, -0.2) is 4.98 Å². The summed E-state index contributed by atoms with van der Waals surface area (Å²) >= 11 is 0. The minimum Gasteiger partial charge on any atom is -0.327 e. The van der Waals surface area contributed by atoms with Crippen molar-refractivity contribution in [2.24, 2.45) is 0 Å². The van der Waals surface area contributed by atoms with Crippen LogP contribution in [0, 0.1) is 0 Å². The number of imidazole rings is 1. The molecule has 0 aliphatic rings. The summed E-state index contributed by atoms with van der Waals surface area (Å²) in [4.78, 5) is 4.81. The van der Waals surface area contributed by atoms with Crippen LogP contribution in [-0.2, 0) is 19.5 Å². The van der Waals surface area contributed by atoms with Gasteiger partial charge in [-0.3, -0.25) is 0 Å². The minimum absolute atomic E-state index is 0.825. The Hall–Kier alpha value is -2.13. The topological polar surface area (TPSA) is 29.9 Å². The largest absolute Gasteiger partial charge is 0.327 e. The van der Waals surface area contributed by atoms with Gasteiger partial charge < -0.3 is 9.88 Å². The van der Waals surface area contributed by atoms with Crippen molar-refractivity contribution < 1.29 is 0 Å². The van der Waals surface area contributed by atoms with Crippen LogP contribution in [0.1, 0.15) is 31.2 Å². The first-order valence-electron chi connectivity index (χ1n) is 8.57. The van der Waals surface area contributed by atoms with E-state index >= 15 is 0 Å². The van der Waals surface area contributed by atoms with Gasteiger partial charge >= 0.3 is 0 Å². The molecule has 3 rings (SSSR count). The summed E-state index contributed by atoms with van der Waals surface area (Å²) in [7, 11) is 0. The number of rotatable bonds is 8. The van der Waals surface area contributed by atoms with E-state index in [1.807, 2.05) is 0 Å². The Morgan fingerprint density at radius 1 is 1.00 bits per heavy atom. The predicted octanol–water partition coefficient (Wildman–Crippen LogP) is 4.17. The summed E-state index contributed by atoms with van der Waals surface area (Å²) < 4.78 is 2.37. The number of hydrogen-bond donors (Lipinski definition) is 1. The van der Waals surface area contributed by atoms with Gasteiger partial charge in [0.15, 0.2) is 0 Å². The van der Waals surface area contributed by atoms with Crippen molar-refractivity contribution in [2.45, 2.75) is 39.3 Å². The lowest BCUT2D eigenvalue weighted by atomic mass is 10.1. The quantitative estimate of drug-likeness (QED) is 0.633. The van der Waals surface area contributed by atoms with E-state index in [0.29, 0.717) is 0 Å². The summed E-state index contributed by atoms with van der Waals surface area (Å²) in [5, 5.41) is 3.54. The first kappa shape index (κ1) is 15.8. The van der Waals surface area contributed by atoms with Gasteiger partial charge in [-0.15, -0.1) is 0 Å². The molecule has 2 aromatic carbocycles. The lowest BCUT2D eigenvalue weighted by Gasteiger charge is -2.09. The van der Waals surface area contributed by atoms with Gasteiger partial charge in [0.05, 0.1) is 17.6 Å². The molecule has 0 atom stereocenters. The molecule has 0 spiro atoms. The van der Waals surface area contributed by atoms with Gasteiger partial charge in [-0.1, -0.05) is 55.8 Å². The van der Waals surface area contributed by atoms with E-state index in [1.54, 1.807) is 0 Å². The molecular weight excluding hydrogens is 282 g/mol. The lowest BCUT2D eigenvalue weighted by molar-refractivity contribution is 0.581. The van der Waals surface area contributed by atoms with Crippen molar-refractivity contribution in [3.8, 4) is 0 Å². The molecule has 3 heteroatoms. The highest BCUT2D eigenvalue weighted by Gasteiger charge is 2.09. The van der Waals surface area contributed by atoms with E-state index in [1.165, 1.54) is 23.9 Å². The van der Waals surface area contributed by atoms with Crippen molar-refractivity contribution in [3.63, 3.8) is 0 Å². The second-order valence-corrected chi connectivity index (χ2v) is 5.93. The summed E-state index contributed by atoms with van der Waals surface area (Å²) in [5.74, 6) is 1.15. The van der Waals surface area contributed by atoms with Gasteiger partial charge in [0.2, 0.25) is 0 Å². The molecule has 0 fully saturated rings. The molecule has 1 heterocycles.